The van der Waals surface area contributed by atoms with Gasteiger partial charge in [0.2, 0.25) is 0 Å². The van der Waals surface area contributed by atoms with Crippen LogP contribution in [0.25, 0.3) is 0 Å². The minimum Gasteiger partial charge on any atom is -0.550 e. The van der Waals surface area contributed by atoms with Crippen molar-refractivity contribution >= 4 is 41.4 Å². The van der Waals surface area contributed by atoms with E-state index >= 15 is 0 Å². The standard InChI is InChI=1S/2C11H20O3.C7H14O2.C5H8O4.K/c2*1-5-14-10(13)8-9(12)6-7-11(2,3)4;1-7(2,3)5-4-6(8)9;1-2-9-5(8)3-4(6)7;/h2*5-8H2,1-4H3;4-5H2,1-3H3,(H,8,9);2-3H2,1H3,(H,6,7);/q;;;;+1/p-1. The maximum atomic E-state index is 11.3. The smallest absolute Gasteiger partial charge is 0.550 e. The molecule has 0 aliphatic carbocycles. The number of rotatable bonds is 15. The average Bonchev–Trinajstić information content (AvgIpc) is 2.85. The molecule has 0 amide bonds. The molecule has 270 valence electrons. The van der Waals surface area contributed by atoms with Crippen LogP contribution >= 0.6 is 0 Å². The Morgan fingerprint density at radius 2 is 0.766 bits per heavy atom. The number of ether oxygens (including phenoxy) is 3. The number of carboxylic acids is 2. The van der Waals surface area contributed by atoms with Crippen molar-refractivity contribution in [2.45, 2.75) is 141 Å². The molecule has 0 rings (SSSR count). The van der Waals surface area contributed by atoms with Crippen molar-refractivity contribution in [2.75, 3.05) is 19.8 Å². The zero-order valence-electron chi connectivity index (χ0n) is 31.4. The molecule has 0 radical (unpaired) electrons. The summed E-state index contributed by atoms with van der Waals surface area (Å²) in [4.78, 5) is 74.3. The van der Waals surface area contributed by atoms with Crippen molar-refractivity contribution in [3.63, 3.8) is 0 Å². The molecule has 13 heteroatoms. The number of carbonyl (C=O) groups is 7. The fraction of sp³-hybridized carbons (Fsp3) is 0.794. The van der Waals surface area contributed by atoms with Gasteiger partial charge in [-0.3, -0.25) is 28.8 Å². The zero-order chi connectivity index (χ0) is 37.1. The summed E-state index contributed by atoms with van der Waals surface area (Å²) in [5.74, 6) is -3.74. The third-order valence-corrected chi connectivity index (χ3v) is 5.28. The first-order chi connectivity index (χ1) is 20.8. The van der Waals surface area contributed by atoms with Gasteiger partial charge in [-0.25, -0.2) is 0 Å². The molecule has 0 spiro atoms. The molecule has 0 aromatic carbocycles. The van der Waals surface area contributed by atoms with E-state index in [1.807, 2.05) is 20.8 Å². The van der Waals surface area contributed by atoms with E-state index in [0.717, 1.165) is 19.3 Å². The second kappa shape index (κ2) is 30.4. The Morgan fingerprint density at radius 3 is 0.957 bits per heavy atom. The summed E-state index contributed by atoms with van der Waals surface area (Å²) in [5, 5.41) is 17.9. The van der Waals surface area contributed by atoms with Gasteiger partial charge in [0.15, 0.2) is 0 Å². The van der Waals surface area contributed by atoms with Gasteiger partial charge < -0.3 is 29.2 Å². The van der Waals surface area contributed by atoms with Gasteiger partial charge in [-0.1, -0.05) is 62.3 Å². The molecule has 0 aliphatic heterocycles. The number of hydrogen-bond donors (Lipinski definition) is 1. The number of carbonyl (C=O) groups excluding carboxylic acids is 6. The summed E-state index contributed by atoms with van der Waals surface area (Å²) in [5.41, 5.74) is 0.438. The van der Waals surface area contributed by atoms with Crippen molar-refractivity contribution in [3.8, 4) is 0 Å². The van der Waals surface area contributed by atoms with Crippen LogP contribution in [0.15, 0.2) is 0 Å². The van der Waals surface area contributed by atoms with Crippen LogP contribution in [0.1, 0.15) is 141 Å². The van der Waals surface area contributed by atoms with Crippen LogP contribution in [-0.2, 0) is 47.8 Å². The van der Waals surface area contributed by atoms with Crippen molar-refractivity contribution in [2.24, 2.45) is 16.2 Å². The van der Waals surface area contributed by atoms with E-state index < -0.39 is 36.3 Å². The zero-order valence-corrected chi connectivity index (χ0v) is 34.5. The first kappa shape index (κ1) is 54.8. The molecule has 0 saturated carbocycles. The Hall–Kier alpha value is -1.67. The van der Waals surface area contributed by atoms with E-state index in [2.05, 4.69) is 55.8 Å². The monoisotopic (exact) mass is 700 g/mol. The maximum absolute atomic E-state index is 11.3. The van der Waals surface area contributed by atoms with Crippen LogP contribution in [0.4, 0.5) is 0 Å². The van der Waals surface area contributed by atoms with Crippen LogP contribution in [0, 0.1) is 16.2 Å². The van der Waals surface area contributed by atoms with E-state index in [1.165, 1.54) is 0 Å². The minimum absolute atomic E-state index is 0. The SMILES string of the molecule is CC(C)(C)CCC(=O)O.CCOC(=O)CC(=O)CCC(C)(C)C.CCOC(=O)CC(=O)CCC(C)(C)C.CCOC(=O)CC(=O)[O-].[K+]. The number of Topliss-reactive ketones (excluding diaryl/α,β-unsaturated/α-hetero) is 2. The van der Waals surface area contributed by atoms with Gasteiger partial charge in [-0.05, 0) is 56.3 Å². The minimum atomic E-state index is -1.41. The molecule has 47 heavy (non-hydrogen) atoms. The molecule has 0 saturated heterocycles. The summed E-state index contributed by atoms with van der Waals surface area (Å²) >= 11 is 0. The van der Waals surface area contributed by atoms with Crippen LogP contribution in [0.2, 0.25) is 0 Å². The number of aliphatic carboxylic acids is 2. The fourth-order valence-electron chi connectivity index (χ4n) is 2.76. The quantitative estimate of drug-likeness (QED) is 0.114. The Kier molecular flexibility index (Phi) is 35.4. The summed E-state index contributed by atoms with van der Waals surface area (Å²) in [6.45, 7) is 24.5. The predicted octanol–water partition coefficient (Wildman–Crippen LogP) is 2.26. The molecule has 0 aliphatic rings. The molecule has 0 fully saturated rings. The average molecular weight is 701 g/mol. The molecule has 0 unspecified atom stereocenters. The number of hydrogen-bond acceptors (Lipinski definition) is 11. The number of esters is 3. The molecular weight excluding hydrogens is 639 g/mol. The van der Waals surface area contributed by atoms with Gasteiger partial charge in [-0.15, -0.1) is 0 Å². The van der Waals surface area contributed by atoms with E-state index in [4.69, 9.17) is 5.11 Å². The van der Waals surface area contributed by atoms with Crippen molar-refractivity contribution in [1.29, 1.82) is 0 Å². The van der Waals surface area contributed by atoms with Crippen molar-refractivity contribution in [1.82, 2.24) is 0 Å². The van der Waals surface area contributed by atoms with Gasteiger partial charge in [0, 0.05) is 19.3 Å². The normalized spacial score (nSPS) is 10.5. The summed E-state index contributed by atoms with van der Waals surface area (Å²) < 4.78 is 13.7. The second-order valence-corrected chi connectivity index (χ2v) is 14.0. The van der Waals surface area contributed by atoms with Gasteiger partial charge in [0.1, 0.15) is 24.4 Å². The molecule has 0 heterocycles. The van der Waals surface area contributed by atoms with E-state index in [0.29, 0.717) is 26.1 Å². The van der Waals surface area contributed by atoms with Crippen LogP contribution in [0.5, 0.6) is 0 Å². The largest absolute Gasteiger partial charge is 1.00 e. The summed E-state index contributed by atoms with van der Waals surface area (Å²) in [6.07, 6.45) is 2.76. The van der Waals surface area contributed by atoms with Gasteiger partial charge >= 0.3 is 75.3 Å². The Bertz CT molecular complexity index is 877. The number of carboxylic acid groups (broad SMARTS) is 2. The third kappa shape index (κ3) is 57.0. The number of ketones is 2. The summed E-state index contributed by atoms with van der Waals surface area (Å²) in [7, 11) is 0. The molecule has 0 aromatic heterocycles. The van der Waals surface area contributed by atoms with E-state index in [-0.39, 0.29) is 105 Å². The Balaban J connectivity index is -0.000000169. The third-order valence-electron chi connectivity index (χ3n) is 5.28. The first-order valence-corrected chi connectivity index (χ1v) is 15.7. The predicted molar refractivity (Wildman–Crippen MR) is 172 cm³/mol. The van der Waals surface area contributed by atoms with Crippen molar-refractivity contribution < 1.29 is 109 Å². The summed E-state index contributed by atoms with van der Waals surface area (Å²) in [6, 6.07) is 0. The van der Waals surface area contributed by atoms with Crippen LogP contribution in [0.3, 0.4) is 0 Å². The van der Waals surface area contributed by atoms with Gasteiger partial charge in [-0.2, -0.15) is 0 Å². The molecule has 0 atom stereocenters. The molecule has 1 N–H and O–H groups in total. The van der Waals surface area contributed by atoms with E-state index in [1.54, 1.807) is 20.8 Å². The fourth-order valence-corrected chi connectivity index (χ4v) is 2.76. The molecule has 0 aromatic rings. The maximum Gasteiger partial charge on any atom is 1.00 e. The van der Waals surface area contributed by atoms with Gasteiger partial charge in [0.25, 0.3) is 0 Å². The molecule has 0 bridgehead atoms. The second-order valence-electron chi connectivity index (χ2n) is 14.0. The van der Waals surface area contributed by atoms with E-state index in [9.17, 15) is 38.7 Å². The Labute approximate surface area is 325 Å². The van der Waals surface area contributed by atoms with Crippen LogP contribution in [-0.4, -0.2) is 66.3 Å². The Morgan fingerprint density at radius 1 is 0.511 bits per heavy atom. The van der Waals surface area contributed by atoms with Gasteiger partial charge in [0.05, 0.1) is 32.2 Å². The van der Waals surface area contributed by atoms with Crippen molar-refractivity contribution in [3.05, 3.63) is 0 Å². The van der Waals surface area contributed by atoms with Crippen LogP contribution < -0.4 is 56.5 Å². The topological polar surface area (TPSA) is 190 Å². The molecular formula is C34H61KO12. The first-order valence-electron chi connectivity index (χ1n) is 15.7. The molecule has 12 nitrogen and oxygen atoms in total.